The predicted molar refractivity (Wildman–Crippen MR) is 101 cm³/mol. The lowest BCUT2D eigenvalue weighted by Crippen LogP contribution is -2.41. The van der Waals surface area contributed by atoms with Crippen molar-refractivity contribution in [3.63, 3.8) is 0 Å². The van der Waals surface area contributed by atoms with Gasteiger partial charge in [-0.05, 0) is 49.6 Å². The molecule has 3 rings (SSSR count). The summed E-state index contributed by atoms with van der Waals surface area (Å²) in [5.74, 6) is -0.216. The van der Waals surface area contributed by atoms with E-state index >= 15 is 0 Å². The molecule has 2 amide bonds. The van der Waals surface area contributed by atoms with Crippen LogP contribution in [0, 0.1) is 11.3 Å². The van der Waals surface area contributed by atoms with Crippen molar-refractivity contribution in [3.05, 3.63) is 65.7 Å². The number of ether oxygens (including phenoxy) is 1. The molecule has 2 atom stereocenters. The number of carbonyl (C=O) groups is 2. The molecule has 0 saturated heterocycles. The molecule has 0 heterocycles. The maximum atomic E-state index is 12.4. The average molecular weight is 363 g/mol. The lowest BCUT2D eigenvalue weighted by atomic mass is 9.92. The first-order valence-corrected chi connectivity index (χ1v) is 8.98. The molecule has 1 aliphatic carbocycles. The van der Waals surface area contributed by atoms with Crippen molar-refractivity contribution in [2.45, 2.75) is 37.8 Å². The van der Waals surface area contributed by atoms with Crippen molar-refractivity contribution in [1.82, 2.24) is 5.32 Å². The highest BCUT2D eigenvalue weighted by atomic mass is 16.6. The number of amides is 2. The van der Waals surface area contributed by atoms with E-state index in [9.17, 15) is 9.59 Å². The maximum absolute atomic E-state index is 12.4. The van der Waals surface area contributed by atoms with Crippen molar-refractivity contribution in [1.29, 1.82) is 5.26 Å². The van der Waals surface area contributed by atoms with E-state index in [0.29, 0.717) is 23.2 Å². The molecule has 0 bridgehead atoms. The Balaban J connectivity index is 1.52. The molecule has 0 radical (unpaired) electrons. The minimum Gasteiger partial charge on any atom is -0.446 e. The van der Waals surface area contributed by atoms with Crippen LogP contribution in [0.2, 0.25) is 0 Å². The first kappa shape index (κ1) is 18.5. The van der Waals surface area contributed by atoms with Crippen molar-refractivity contribution in [2.24, 2.45) is 0 Å². The monoisotopic (exact) mass is 363 g/mol. The number of nitrogens with one attached hydrogen (secondary N) is 2. The number of benzene rings is 2. The molecular formula is C21H21N3O3. The van der Waals surface area contributed by atoms with Crippen LogP contribution in [0.4, 0.5) is 10.5 Å². The summed E-state index contributed by atoms with van der Waals surface area (Å²) < 4.78 is 5.50. The normalized spacial score (nSPS) is 18.8. The third-order valence-corrected chi connectivity index (χ3v) is 4.51. The lowest BCUT2D eigenvalue weighted by molar-refractivity contribution is 0.0712. The number of anilines is 1. The summed E-state index contributed by atoms with van der Waals surface area (Å²) >= 11 is 0. The quantitative estimate of drug-likeness (QED) is 0.863. The fourth-order valence-electron chi connectivity index (χ4n) is 3.20. The Morgan fingerprint density at radius 1 is 1.07 bits per heavy atom. The van der Waals surface area contributed by atoms with Gasteiger partial charge in [-0.25, -0.2) is 4.79 Å². The summed E-state index contributed by atoms with van der Waals surface area (Å²) in [6.45, 7) is 0. The molecule has 2 aromatic carbocycles. The SMILES string of the molecule is N#Cc1cccc(C(=O)N[C@H]2CCC[C@H](OC(=O)Nc3ccccc3)C2)c1. The Kier molecular flexibility index (Phi) is 6.06. The van der Waals surface area contributed by atoms with Gasteiger partial charge in [0.05, 0.1) is 11.6 Å². The Bertz CT molecular complexity index is 845. The minimum absolute atomic E-state index is 0.0634. The topological polar surface area (TPSA) is 91.2 Å². The number of hydrogen-bond donors (Lipinski definition) is 2. The Labute approximate surface area is 158 Å². The van der Waals surface area contributed by atoms with E-state index in [0.717, 1.165) is 19.3 Å². The second kappa shape index (κ2) is 8.86. The van der Waals surface area contributed by atoms with Crippen LogP contribution in [0.3, 0.4) is 0 Å². The van der Waals surface area contributed by atoms with Crippen LogP contribution in [-0.2, 0) is 4.74 Å². The van der Waals surface area contributed by atoms with E-state index in [-0.39, 0.29) is 18.1 Å². The lowest BCUT2D eigenvalue weighted by Gasteiger charge is -2.29. The van der Waals surface area contributed by atoms with E-state index in [4.69, 9.17) is 10.00 Å². The van der Waals surface area contributed by atoms with E-state index < -0.39 is 6.09 Å². The molecule has 0 unspecified atom stereocenters. The fourth-order valence-corrected chi connectivity index (χ4v) is 3.20. The number of nitriles is 1. The van der Waals surface area contributed by atoms with Crippen LogP contribution in [0.5, 0.6) is 0 Å². The van der Waals surface area contributed by atoms with Gasteiger partial charge in [-0.15, -0.1) is 0 Å². The summed E-state index contributed by atoms with van der Waals surface area (Å²) in [6, 6.07) is 17.7. The first-order chi connectivity index (χ1) is 13.1. The second-order valence-electron chi connectivity index (χ2n) is 6.55. The van der Waals surface area contributed by atoms with Crippen LogP contribution in [0.25, 0.3) is 0 Å². The van der Waals surface area contributed by atoms with Crippen molar-refractivity contribution in [3.8, 4) is 6.07 Å². The average Bonchev–Trinajstić information content (AvgIpc) is 2.69. The van der Waals surface area contributed by atoms with Gasteiger partial charge < -0.3 is 10.1 Å². The number of rotatable bonds is 4. The van der Waals surface area contributed by atoms with Gasteiger partial charge in [0.1, 0.15) is 6.10 Å². The van der Waals surface area contributed by atoms with Gasteiger partial charge in [-0.2, -0.15) is 5.26 Å². The summed E-state index contributed by atoms with van der Waals surface area (Å²) in [5, 5.41) is 14.6. The Morgan fingerprint density at radius 3 is 2.67 bits per heavy atom. The number of para-hydroxylation sites is 1. The van der Waals surface area contributed by atoms with Crippen LogP contribution in [-0.4, -0.2) is 24.1 Å². The molecule has 1 aliphatic rings. The smallest absolute Gasteiger partial charge is 0.411 e. The Morgan fingerprint density at radius 2 is 1.89 bits per heavy atom. The van der Waals surface area contributed by atoms with Gasteiger partial charge >= 0.3 is 6.09 Å². The third kappa shape index (κ3) is 5.32. The minimum atomic E-state index is -0.486. The van der Waals surface area contributed by atoms with Crippen LogP contribution < -0.4 is 10.6 Å². The van der Waals surface area contributed by atoms with Gasteiger partial charge in [0.15, 0.2) is 0 Å². The molecule has 0 aromatic heterocycles. The number of nitrogens with zero attached hydrogens (tertiary/aromatic N) is 1. The summed E-state index contributed by atoms with van der Waals surface area (Å²) in [4.78, 5) is 24.5. The zero-order valence-corrected chi connectivity index (χ0v) is 14.9. The Hall–Kier alpha value is -3.33. The van der Waals surface area contributed by atoms with Crippen LogP contribution >= 0.6 is 0 Å². The number of hydrogen-bond acceptors (Lipinski definition) is 4. The molecule has 6 heteroatoms. The van der Waals surface area contributed by atoms with Crippen molar-refractivity contribution >= 4 is 17.7 Å². The van der Waals surface area contributed by atoms with E-state index in [1.165, 1.54) is 0 Å². The molecular weight excluding hydrogens is 342 g/mol. The fraction of sp³-hybridized carbons (Fsp3) is 0.286. The number of carbonyl (C=O) groups excluding carboxylic acids is 2. The van der Waals surface area contributed by atoms with Gasteiger partial charge in [0, 0.05) is 23.7 Å². The zero-order valence-electron chi connectivity index (χ0n) is 14.9. The van der Waals surface area contributed by atoms with Crippen molar-refractivity contribution in [2.75, 3.05) is 5.32 Å². The molecule has 1 saturated carbocycles. The van der Waals surface area contributed by atoms with Gasteiger partial charge in [0.25, 0.3) is 5.91 Å². The van der Waals surface area contributed by atoms with Crippen molar-refractivity contribution < 1.29 is 14.3 Å². The predicted octanol–water partition coefficient (Wildman–Crippen LogP) is 3.85. The standard InChI is InChI=1S/C21H21N3O3/c22-14-15-6-4-7-16(12-15)20(25)23-18-10-5-11-19(13-18)27-21(26)24-17-8-2-1-3-9-17/h1-4,6-9,12,18-19H,5,10-11,13H2,(H,23,25)(H,24,26)/t18-,19-/m0/s1. The van der Waals surface area contributed by atoms with Crippen LogP contribution in [0.15, 0.2) is 54.6 Å². The summed E-state index contributed by atoms with van der Waals surface area (Å²) in [5.41, 5.74) is 1.59. The third-order valence-electron chi connectivity index (χ3n) is 4.51. The zero-order chi connectivity index (χ0) is 19.1. The molecule has 138 valence electrons. The van der Waals surface area contributed by atoms with E-state index in [1.807, 2.05) is 24.3 Å². The molecule has 27 heavy (non-hydrogen) atoms. The highest BCUT2D eigenvalue weighted by Gasteiger charge is 2.26. The summed E-state index contributed by atoms with van der Waals surface area (Å²) in [7, 11) is 0. The second-order valence-corrected chi connectivity index (χ2v) is 6.55. The molecule has 2 N–H and O–H groups in total. The van der Waals surface area contributed by atoms with E-state index in [2.05, 4.69) is 10.6 Å². The van der Waals surface area contributed by atoms with Gasteiger partial charge in [-0.1, -0.05) is 24.3 Å². The molecule has 0 aliphatic heterocycles. The first-order valence-electron chi connectivity index (χ1n) is 8.98. The highest BCUT2D eigenvalue weighted by molar-refractivity contribution is 5.94. The molecule has 1 fully saturated rings. The van der Waals surface area contributed by atoms with Gasteiger partial charge in [-0.3, -0.25) is 10.1 Å². The van der Waals surface area contributed by atoms with Gasteiger partial charge in [0.2, 0.25) is 0 Å². The maximum Gasteiger partial charge on any atom is 0.411 e. The largest absolute Gasteiger partial charge is 0.446 e. The van der Waals surface area contributed by atoms with E-state index in [1.54, 1.807) is 36.4 Å². The molecule has 2 aromatic rings. The van der Waals surface area contributed by atoms with Crippen LogP contribution in [0.1, 0.15) is 41.6 Å². The molecule has 0 spiro atoms. The summed E-state index contributed by atoms with van der Waals surface area (Å²) in [6.07, 6.45) is 2.33. The molecule has 6 nitrogen and oxygen atoms in total. The highest BCUT2D eigenvalue weighted by Crippen LogP contribution is 2.22.